The van der Waals surface area contributed by atoms with Crippen molar-refractivity contribution in [3.63, 3.8) is 0 Å². The van der Waals surface area contributed by atoms with Crippen molar-refractivity contribution >= 4 is 22.5 Å². The molecule has 1 aromatic heterocycles. The Bertz CT molecular complexity index is 978. The zero-order valence-electron chi connectivity index (χ0n) is 16.8. The fraction of sp³-hybridized carbons (Fsp3) is 0.364. The van der Waals surface area contributed by atoms with E-state index in [1.807, 2.05) is 36.4 Å². The number of hydrogen-bond donors (Lipinski definition) is 2. The van der Waals surface area contributed by atoms with Gasteiger partial charge >= 0.3 is 0 Å². The first-order chi connectivity index (χ1) is 14.1. The first-order valence-electron chi connectivity index (χ1n) is 9.83. The van der Waals surface area contributed by atoms with Crippen LogP contribution in [0, 0.1) is 5.92 Å². The van der Waals surface area contributed by atoms with Gasteiger partial charge in [-0.05, 0) is 55.3 Å². The largest absolute Gasteiger partial charge is 0.497 e. The fourth-order valence-electron chi connectivity index (χ4n) is 3.89. The summed E-state index contributed by atoms with van der Waals surface area (Å²) in [5.74, 6) is 1.60. The molecule has 1 aliphatic heterocycles. The number of hydrogen-bond acceptors (Lipinski definition) is 5. The van der Waals surface area contributed by atoms with Crippen molar-refractivity contribution in [1.29, 1.82) is 0 Å². The predicted molar refractivity (Wildman–Crippen MR) is 112 cm³/mol. The summed E-state index contributed by atoms with van der Waals surface area (Å²) in [5, 5.41) is 11.0. The van der Waals surface area contributed by atoms with Crippen LogP contribution in [0.5, 0.6) is 11.5 Å². The van der Waals surface area contributed by atoms with E-state index < -0.39 is 0 Å². The number of fused-ring (bicyclic) bond motifs is 1. The van der Waals surface area contributed by atoms with Crippen LogP contribution >= 0.6 is 0 Å². The summed E-state index contributed by atoms with van der Waals surface area (Å²) in [6.45, 7) is 2.47. The van der Waals surface area contributed by atoms with E-state index in [0.717, 1.165) is 66.1 Å². The molecule has 4 rings (SSSR count). The van der Waals surface area contributed by atoms with E-state index in [9.17, 15) is 4.79 Å². The number of likely N-dealkylation sites (tertiary alicyclic amines) is 1. The molecule has 1 saturated heterocycles. The van der Waals surface area contributed by atoms with Crippen LogP contribution in [0.4, 0.5) is 5.69 Å². The van der Waals surface area contributed by atoms with Gasteiger partial charge < -0.3 is 14.8 Å². The maximum Gasteiger partial charge on any atom is 0.228 e. The van der Waals surface area contributed by atoms with E-state index in [0.29, 0.717) is 0 Å². The maximum atomic E-state index is 12.8. The number of amides is 1. The third kappa shape index (κ3) is 4.51. The zero-order chi connectivity index (χ0) is 20.2. The van der Waals surface area contributed by atoms with Gasteiger partial charge in [-0.1, -0.05) is 0 Å². The first-order valence-corrected chi connectivity index (χ1v) is 9.83. The van der Waals surface area contributed by atoms with Crippen LogP contribution in [0.1, 0.15) is 18.4 Å². The Kier molecular flexibility index (Phi) is 5.67. The molecule has 1 amide bonds. The van der Waals surface area contributed by atoms with Crippen molar-refractivity contribution in [3.8, 4) is 11.5 Å². The number of anilines is 1. The molecule has 1 fully saturated rings. The molecule has 152 valence electrons. The van der Waals surface area contributed by atoms with E-state index in [1.54, 1.807) is 20.4 Å². The minimum absolute atomic E-state index is 0.0312. The van der Waals surface area contributed by atoms with Crippen molar-refractivity contribution in [1.82, 2.24) is 15.1 Å². The Morgan fingerprint density at radius 3 is 2.76 bits per heavy atom. The van der Waals surface area contributed by atoms with Gasteiger partial charge in [0.25, 0.3) is 0 Å². The van der Waals surface area contributed by atoms with Crippen molar-refractivity contribution in [2.75, 3.05) is 32.6 Å². The zero-order valence-corrected chi connectivity index (χ0v) is 16.8. The second-order valence-corrected chi connectivity index (χ2v) is 7.46. The Balaban J connectivity index is 1.40. The minimum Gasteiger partial charge on any atom is -0.497 e. The molecule has 1 aliphatic rings. The van der Waals surface area contributed by atoms with Crippen molar-refractivity contribution < 1.29 is 14.3 Å². The number of aromatic amines is 1. The lowest BCUT2D eigenvalue weighted by atomic mass is 9.96. The van der Waals surface area contributed by atoms with Gasteiger partial charge in [-0.3, -0.25) is 14.8 Å². The van der Waals surface area contributed by atoms with Crippen molar-refractivity contribution in [2.24, 2.45) is 5.92 Å². The number of nitrogens with one attached hydrogen (secondary N) is 2. The summed E-state index contributed by atoms with van der Waals surface area (Å²) < 4.78 is 10.7. The standard InChI is InChI=1S/C22H26N4O3/c1-28-19-8-15(9-20(11-19)29-2)13-26-7-3-4-16(14-26)22(27)24-18-5-6-21-17(10-18)12-23-25-21/h5-6,8-12,16H,3-4,7,13-14H2,1-2H3,(H,23,25)(H,24,27). The van der Waals surface area contributed by atoms with Gasteiger partial charge in [-0.2, -0.15) is 5.10 Å². The second kappa shape index (κ2) is 8.53. The van der Waals surface area contributed by atoms with Crippen LogP contribution in [0.3, 0.4) is 0 Å². The molecule has 1 unspecified atom stereocenters. The smallest absolute Gasteiger partial charge is 0.228 e. The van der Waals surface area contributed by atoms with Gasteiger partial charge in [0, 0.05) is 30.2 Å². The van der Waals surface area contributed by atoms with E-state index in [-0.39, 0.29) is 11.8 Å². The fourth-order valence-corrected chi connectivity index (χ4v) is 3.89. The molecule has 7 nitrogen and oxygen atoms in total. The van der Waals surface area contributed by atoms with E-state index in [2.05, 4.69) is 20.4 Å². The number of piperidine rings is 1. The van der Waals surface area contributed by atoms with Crippen LogP contribution < -0.4 is 14.8 Å². The molecule has 3 aromatic rings. The molecule has 29 heavy (non-hydrogen) atoms. The Labute approximate surface area is 170 Å². The van der Waals surface area contributed by atoms with Crippen LogP contribution in [-0.4, -0.2) is 48.3 Å². The van der Waals surface area contributed by atoms with E-state index in [4.69, 9.17) is 9.47 Å². The Morgan fingerprint density at radius 2 is 2.00 bits per heavy atom. The predicted octanol–water partition coefficient (Wildman–Crippen LogP) is 3.43. The number of carbonyl (C=O) groups excluding carboxylic acids is 1. The molecule has 0 radical (unpaired) electrons. The van der Waals surface area contributed by atoms with Crippen LogP contribution in [-0.2, 0) is 11.3 Å². The lowest BCUT2D eigenvalue weighted by Gasteiger charge is -2.32. The van der Waals surface area contributed by atoms with Crippen LogP contribution in [0.15, 0.2) is 42.6 Å². The number of carbonyl (C=O) groups is 1. The summed E-state index contributed by atoms with van der Waals surface area (Å²) in [7, 11) is 3.31. The van der Waals surface area contributed by atoms with Gasteiger partial charge in [0.05, 0.1) is 31.9 Å². The number of rotatable bonds is 6. The Morgan fingerprint density at radius 1 is 1.21 bits per heavy atom. The third-order valence-electron chi connectivity index (χ3n) is 5.40. The number of H-pyrrole nitrogens is 1. The molecule has 0 saturated carbocycles. The lowest BCUT2D eigenvalue weighted by molar-refractivity contribution is -0.121. The first kappa shape index (κ1) is 19.3. The van der Waals surface area contributed by atoms with E-state index in [1.165, 1.54) is 0 Å². The topological polar surface area (TPSA) is 79.5 Å². The van der Waals surface area contributed by atoms with Gasteiger partial charge in [-0.15, -0.1) is 0 Å². The normalized spacial score (nSPS) is 17.2. The lowest BCUT2D eigenvalue weighted by Crippen LogP contribution is -2.40. The molecule has 0 bridgehead atoms. The molecule has 2 N–H and O–H groups in total. The molecular formula is C22H26N4O3. The highest BCUT2D eigenvalue weighted by atomic mass is 16.5. The number of aromatic nitrogens is 2. The molecule has 1 atom stereocenters. The molecule has 2 aromatic carbocycles. The number of methoxy groups -OCH3 is 2. The second-order valence-electron chi connectivity index (χ2n) is 7.46. The van der Waals surface area contributed by atoms with Gasteiger partial charge in [0.2, 0.25) is 5.91 Å². The van der Waals surface area contributed by atoms with Gasteiger partial charge in [0.1, 0.15) is 11.5 Å². The van der Waals surface area contributed by atoms with Crippen molar-refractivity contribution in [3.05, 3.63) is 48.2 Å². The summed E-state index contributed by atoms with van der Waals surface area (Å²) in [5.41, 5.74) is 2.88. The molecule has 0 aliphatic carbocycles. The van der Waals surface area contributed by atoms with Crippen LogP contribution in [0.25, 0.3) is 10.9 Å². The Hall–Kier alpha value is -3.06. The molecular weight excluding hydrogens is 368 g/mol. The van der Waals surface area contributed by atoms with Crippen molar-refractivity contribution in [2.45, 2.75) is 19.4 Å². The highest BCUT2D eigenvalue weighted by Gasteiger charge is 2.26. The molecule has 2 heterocycles. The minimum atomic E-state index is -0.0312. The monoisotopic (exact) mass is 394 g/mol. The number of nitrogens with zero attached hydrogens (tertiary/aromatic N) is 2. The summed E-state index contributed by atoms with van der Waals surface area (Å²) in [4.78, 5) is 15.2. The average molecular weight is 394 g/mol. The van der Waals surface area contributed by atoms with E-state index >= 15 is 0 Å². The van der Waals surface area contributed by atoms with Gasteiger partial charge in [0.15, 0.2) is 0 Å². The van der Waals surface area contributed by atoms with Gasteiger partial charge in [-0.25, -0.2) is 0 Å². The third-order valence-corrected chi connectivity index (χ3v) is 5.40. The quantitative estimate of drug-likeness (QED) is 0.670. The summed E-state index contributed by atoms with van der Waals surface area (Å²) in [6, 6.07) is 11.7. The average Bonchev–Trinajstić information content (AvgIpc) is 3.21. The highest BCUT2D eigenvalue weighted by molar-refractivity contribution is 5.95. The summed E-state index contributed by atoms with van der Waals surface area (Å²) in [6.07, 6.45) is 3.66. The number of benzene rings is 2. The highest BCUT2D eigenvalue weighted by Crippen LogP contribution is 2.26. The van der Waals surface area contributed by atoms with Crippen LogP contribution in [0.2, 0.25) is 0 Å². The summed E-state index contributed by atoms with van der Waals surface area (Å²) >= 11 is 0. The molecule has 7 heteroatoms. The number of ether oxygens (including phenoxy) is 2. The molecule has 0 spiro atoms. The SMILES string of the molecule is COc1cc(CN2CCCC(C(=O)Nc3ccc4[nH]ncc4c3)C2)cc(OC)c1. The maximum absolute atomic E-state index is 12.8.